The Balaban J connectivity index is 2.08. The molecule has 18 heavy (non-hydrogen) atoms. The molecule has 4 nitrogen and oxygen atoms in total. The molecule has 0 aromatic heterocycles. The van der Waals surface area contributed by atoms with E-state index in [0.717, 1.165) is 11.1 Å². The van der Waals surface area contributed by atoms with Gasteiger partial charge >= 0.3 is 0 Å². The van der Waals surface area contributed by atoms with Crippen molar-refractivity contribution in [2.45, 2.75) is 26.3 Å². The van der Waals surface area contributed by atoms with E-state index in [9.17, 15) is 13.2 Å². The Labute approximate surface area is 107 Å². The third-order valence-electron chi connectivity index (χ3n) is 3.05. The van der Waals surface area contributed by atoms with Crippen LogP contribution in [0.1, 0.15) is 27.9 Å². The van der Waals surface area contributed by atoms with Gasteiger partial charge in [-0.3, -0.25) is 4.79 Å². The summed E-state index contributed by atoms with van der Waals surface area (Å²) in [5.41, 5.74) is 2.65. The summed E-state index contributed by atoms with van der Waals surface area (Å²) in [7, 11) is -2.95. The Morgan fingerprint density at radius 3 is 2.33 bits per heavy atom. The van der Waals surface area contributed by atoms with Gasteiger partial charge < -0.3 is 5.32 Å². The first-order valence-corrected chi connectivity index (χ1v) is 7.77. The lowest BCUT2D eigenvalue weighted by atomic mass is 10.1. The van der Waals surface area contributed by atoms with Crippen LogP contribution in [0, 0.1) is 13.8 Å². The quantitative estimate of drug-likeness (QED) is 0.876. The van der Waals surface area contributed by atoms with Gasteiger partial charge in [-0.2, -0.15) is 0 Å². The highest BCUT2D eigenvalue weighted by Gasteiger charge is 2.29. The van der Waals surface area contributed by atoms with Gasteiger partial charge in [-0.1, -0.05) is 17.2 Å². The van der Waals surface area contributed by atoms with Gasteiger partial charge in [-0.15, -0.1) is 0 Å². The number of aryl methyl sites for hydroxylation is 2. The number of carbonyl (C=O) groups excluding carboxylic acids is 1. The van der Waals surface area contributed by atoms with Gasteiger partial charge in [0.2, 0.25) is 0 Å². The van der Waals surface area contributed by atoms with E-state index in [1.807, 2.05) is 32.0 Å². The third-order valence-corrected chi connectivity index (χ3v) is 4.82. The van der Waals surface area contributed by atoms with Gasteiger partial charge in [0.1, 0.15) is 0 Å². The highest BCUT2D eigenvalue weighted by molar-refractivity contribution is 7.91. The zero-order valence-corrected chi connectivity index (χ0v) is 11.4. The van der Waals surface area contributed by atoms with Crippen LogP contribution in [0.25, 0.3) is 0 Å². The van der Waals surface area contributed by atoms with Crippen molar-refractivity contribution in [1.29, 1.82) is 0 Å². The van der Waals surface area contributed by atoms with Crippen LogP contribution in [0.2, 0.25) is 0 Å². The van der Waals surface area contributed by atoms with Crippen LogP contribution in [-0.2, 0) is 9.84 Å². The number of hydrogen-bond acceptors (Lipinski definition) is 3. The van der Waals surface area contributed by atoms with E-state index >= 15 is 0 Å². The largest absolute Gasteiger partial charge is 0.348 e. The molecule has 0 aliphatic carbocycles. The van der Waals surface area contributed by atoms with Gasteiger partial charge in [-0.25, -0.2) is 8.42 Å². The van der Waals surface area contributed by atoms with Crippen LogP contribution >= 0.6 is 0 Å². The van der Waals surface area contributed by atoms with Crippen LogP contribution in [0.4, 0.5) is 0 Å². The van der Waals surface area contributed by atoms with Crippen LogP contribution < -0.4 is 5.32 Å². The Bertz CT molecular complexity index is 558. The molecule has 0 spiro atoms. The lowest BCUT2D eigenvalue weighted by molar-refractivity contribution is 0.0941. The molecule has 1 atom stereocenters. The summed E-state index contributed by atoms with van der Waals surface area (Å²) >= 11 is 0. The van der Waals surface area contributed by atoms with Gasteiger partial charge in [0.05, 0.1) is 11.5 Å². The van der Waals surface area contributed by atoms with E-state index < -0.39 is 9.84 Å². The van der Waals surface area contributed by atoms with Gasteiger partial charge in [-0.05, 0) is 32.4 Å². The normalized spacial score (nSPS) is 21.8. The maximum Gasteiger partial charge on any atom is 0.251 e. The molecule has 1 aliphatic rings. The lowest BCUT2D eigenvalue weighted by Gasteiger charge is -2.11. The molecule has 0 saturated carbocycles. The highest BCUT2D eigenvalue weighted by Crippen LogP contribution is 2.13. The maximum absolute atomic E-state index is 12.0. The number of carbonyl (C=O) groups is 1. The van der Waals surface area contributed by atoms with Gasteiger partial charge in [0.15, 0.2) is 9.84 Å². The van der Waals surface area contributed by atoms with Crippen molar-refractivity contribution >= 4 is 15.7 Å². The zero-order valence-electron chi connectivity index (χ0n) is 10.6. The second-order valence-electron chi connectivity index (χ2n) is 4.95. The number of rotatable bonds is 2. The molecule has 1 aliphatic heterocycles. The number of benzene rings is 1. The molecule has 1 fully saturated rings. The second kappa shape index (κ2) is 4.72. The Hall–Kier alpha value is -1.36. The molecule has 0 unspecified atom stereocenters. The Morgan fingerprint density at radius 1 is 1.22 bits per heavy atom. The first-order valence-electron chi connectivity index (χ1n) is 5.95. The standard InChI is InChI=1S/C13H17NO3S/c1-9-5-10(2)7-11(6-9)13(15)14-12-3-4-18(16,17)8-12/h5-7,12H,3-4,8H2,1-2H3,(H,14,15)/t12-/m1/s1. The molecule has 1 N–H and O–H groups in total. The van der Waals surface area contributed by atoms with Crippen LogP contribution in [0.3, 0.4) is 0 Å². The minimum absolute atomic E-state index is 0.0591. The zero-order chi connectivity index (χ0) is 13.3. The molecule has 98 valence electrons. The molecule has 1 amide bonds. The summed E-state index contributed by atoms with van der Waals surface area (Å²) in [5, 5.41) is 2.79. The predicted octanol–water partition coefficient (Wildman–Crippen LogP) is 1.22. The fourth-order valence-electron chi connectivity index (χ4n) is 2.28. The van der Waals surface area contributed by atoms with Crippen molar-refractivity contribution in [2.24, 2.45) is 0 Å². The summed E-state index contributed by atoms with van der Waals surface area (Å²) in [6, 6.07) is 5.37. The lowest BCUT2D eigenvalue weighted by Crippen LogP contribution is -2.35. The minimum atomic E-state index is -2.95. The van der Waals surface area contributed by atoms with Gasteiger partial charge in [0, 0.05) is 11.6 Å². The molecular formula is C13H17NO3S. The van der Waals surface area contributed by atoms with Crippen LogP contribution in [-0.4, -0.2) is 31.9 Å². The molecular weight excluding hydrogens is 250 g/mol. The first kappa shape index (κ1) is 13.1. The summed E-state index contributed by atoms with van der Waals surface area (Å²) in [6.07, 6.45) is 0.513. The maximum atomic E-state index is 12.0. The predicted molar refractivity (Wildman–Crippen MR) is 70.4 cm³/mol. The molecule has 1 heterocycles. The fourth-order valence-corrected chi connectivity index (χ4v) is 3.96. The number of amides is 1. The number of sulfone groups is 1. The van der Waals surface area contributed by atoms with Gasteiger partial charge in [0.25, 0.3) is 5.91 Å². The number of nitrogens with one attached hydrogen (secondary N) is 1. The molecule has 1 aromatic rings. The molecule has 1 aromatic carbocycles. The van der Waals surface area contributed by atoms with Crippen molar-refractivity contribution in [3.8, 4) is 0 Å². The van der Waals surface area contributed by atoms with Crippen LogP contribution in [0.5, 0.6) is 0 Å². The van der Waals surface area contributed by atoms with E-state index in [2.05, 4.69) is 5.32 Å². The summed E-state index contributed by atoms with van der Waals surface area (Å²) in [5.74, 6) is 0.0397. The summed E-state index contributed by atoms with van der Waals surface area (Å²) in [6.45, 7) is 3.87. The summed E-state index contributed by atoms with van der Waals surface area (Å²) in [4.78, 5) is 12.0. The SMILES string of the molecule is Cc1cc(C)cc(C(=O)N[C@@H]2CCS(=O)(=O)C2)c1. The minimum Gasteiger partial charge on any atom is -0.348 e. The van der Waals surface area contributed by atoms with Crippen molar-refractivity contribution < 1.29 is 13.2 Å². The van der Waals surface area contributed by atoms with Crippen molar-refractivity contribution in [3.63, 3.8) is 0 Å². The number of hydrogen-bond donors (Lipinski definition) is 1. The topological polar surface area (TPSA) is 63.2 Å². The Kier molecular flexibility index (Phi) is 3.43. The average molecular weight is 267 g/mol. The van der Waals surface area contributed by atoms with E-state index in [-0.39, 0.29) is 23.5 Å². The average Bonchev–Trinajstić information content (AvgIpc) is 2.56. The fraction of sp³-hybridized carbons (Fsp3) is 0.462. The van der Waals surface area contributed by atoms with Crippen LogP contribution in [0.15, 0.2) is 18.2 Å². The smallest absolute Gasteiger partial charge is 0.251 e. The molecule has 0 radical (unpaired) electrons. The van der Waals surface area contributed by atoms with E-state index in [1.165, 1.54) is 0 Å². The molecule has 1 saturated heterocycles. The van der Waals surface area contributed by atoms with Crippen molar-refractivity contribution in [1.82, 2.24) is 5.32 Å². The second-order valence-corrected chi connectivity index (χ2v) is 7.18. The highest BCUT2D eigenvalue weighted by atomic mass is 32.2. The monoisotopic (exact) mass is 267 g/mol. The molecule has 5 heteroatoms. The molecule has 2 rings (SSSR count). The first-order chi connectivity index (χ1) is 8.35. The van der Waals surface area contributed by atoms with E-state index in [4.69, 9.17) is 0 Å². The molecule has 0 bridgehead atoms. The Morgan fingerprint density at radius 2 is 1.83 bits per heavy atom. The van der Waals surface area contributed by atoms with Crippen molar-refractivity contribution in [2.75, 3.05) is 11.5 Å². The van der Waals surface area contributed by atoms with E-state index in [0.29, 0.717) is 12.0 Å². The van der Waals surface area contributed by atoms with Crippen molar-refractivity contribution in [3.05, 3.63) is 34.9 Å². The third kappa shape index (κ3) is 3.10. The summed E-state index contributed by atoms with van der Waals surface area (Å²) < 4.78 is 22.6. The van der Waals surface area contributed by atoms with E-state index in [1.54, 1.807) is 0 Å².